The van der Waals surface area contributed by atoms with Gasteiger partial charge in [-0.05, 0) is 24.3 Å². The fourth-order valence-corrected chi connectivity index (χ4v) is 4.16. The second-order valence-electron chi connectivity index (χ2n) is 7.72. The van der Waals surface area contributed by atoms with Gasteiger partial charge >= 0.3 is 23.7 Å². The number of urea groups is 1. The average Bonchev–Trinajstić information content (AvgIpc) is 3.37. The number of nitrogens with one attached hydrogen (secondary N) is 1. The summed E-state index contributed by atoms with van der Waals surface area (Å²) in [5.74, 6) is -2.23. The fraction of sp³-hybridized carbons (Fsp3) is 0.476. The zero-order valence-corrected chi connectivity index (χ0v) is 18.0. The van der Waals surface area contributed by atoms with Crippen molar-refractivity contribution in [1.29, 1.82) is 5.26 Å². The molecule has 0 bridgehead atoms. The van der Waals surface area contributed by atoms with Crippen LogP contribution in [-0.4, -0.2) is 91.9 Å². The summed E-state index contributed by atoms with van der Waals surface area (Å²) in [6.45, 7) is 1.81. The smallest absolute Gasteiger partial charge is 0.420 e. The molecular weight excluding hydrogens is 434 g/mol. The molecular formula is C21H23N5O7. The molecule has 12 nitrogen and oxygen atoms in total. The van der Waals surface area contributed by atoms with Gasteiger partial charge in [-0.2, -0.15) is 5.26 Å². The number of anilines is 1. The van der Waals surface area contributed by atoms with E-state index in [0.29, 0.717) is 31.9 Å². The first-order valence-electron chi connectivity index (χ1n) is 10.5. The van der Waals surface area contributed by atoms with Gasteiger partial charge in [0.2, 0.25) is 5.91 Å². The van der Waals surface area contributed by atoms with Crippen LogP contribution < -0.4 is 15.0 Å². The highest BCUT2D eigenvalue weighted by molar-refractivity contribution is 6.30. The lowest BCUT2D eigenvalue weighted by Crippen LogP contribution is -2.61. The first-order chi connectivity index (χ1) is 15.9. The molecule has 3 aliphatic rings. The lowest BCUT2D eigenvalue weighted by Gasteiger charge is -2.37. The second-order valence-corrected chi connectivity index (χ2v) is 7.72. The molecule has 1 unspecified atom stereocenters. The van der Waals surface area contributed by atoms with Crippen LogP contribution in [0, 0.1) is 11.3 Å². The van der Waals surface area contributed by atoms with Crippen molar-refractivity contribution in [3.8, 4) is 11.8 Å². The number of ether oxygens (including phenoxy) is 3. The Morgan fingerprint density at radius 1 is 1.21 bits per heavy atom. The van der Waals surface area contributed by atoms with Gasteiger partial charge in [0, 0.05) is 44.8 Å². The second kappa shape index (κ2) is 8.95. The highest BCUT2D eigenvalue weighted by Crippen LogP contribution is 2.36. The number of hydrogen-bond acceptors (Lipinski definition) is 9. The molecule has 3 heterocycles. The maximum absolute atomic E-state index is 12.7. The fourth-order valence-electron chi connectivity index (χ4n) is 4.16. The van der Waals surface area contributed by atoms with E-state index in [0.717, 1.165) is 10.6 Å². The molecule has 1 N–H and O–H groups in total. The van der Waals surface area contributed by atoms with Crippen molar-refractivity contribution in [3.63, 3.8) is 0 Å². The van der Waals surface area contributed by atoms with Gasteiger partial charge in [-0.15, -0.1) is 0 Å². The van der Waals surface area contributed by atoms with Gasteiger partial charge in [0.05, 0.1) is 13.7 Å². The van der Waals surface area contributed by atoms with Crippen molar-refractivity contribution < 1.29 is 33.4 Å². The third-order valence-corrected chi connectivity index (χ3v) is 5.89. The number of rotatable bonds is 7. The average molecular weight is 457 g/mol. The van der Waals surface area contributed by atoms with Gasteiger partial charge in [0.25, 0.3) is 0 Å². The predicted octanol–water partition coefficient (Wildman–Crippen LogP) is -0.552. The van der Waals surface area contributed by atoms with E-state index in [4.69, 9.17) is 14.2 Å². The normalized spacial score (nSPS) is 24.3. The third-order valence-electron chi connectivity index (χ3n) is 5.89. The topological polar surface area (TPSA) is 142 Å². The minimum atomic E-state index is -1.94. The Balaban J connectivity index is 1.26. The Hall–Kier alpha value is -3.85. The summed E-state index contributed by atoms with van der Waals surface area (Å²) < 4.78 is 15.1. The maximum atomic E-state index is 12.7. The zero-order valence-electron chi connectivity index (χ0n) is 18.0. The van der Waals surface area contributed by atoms with E-state index >= 15 is 0 Å². The monoisotopic (exact) mass is 457 g/mol. The van der Waals surface area contributed by atoms with Crippen LogP contribution >= 0.6 is 0 Å². The lowest BCUT2D eigenvalue weighted by molar-refractivity contribution is -0.217. The van der Waals surface area contributed by atoms with Gasteiger partial charge in [0.15, 0.2) is 6.10 Å². The molecule has 4 rings (SSSR count). The molecule has 0 aliphatic carbocycles. The van der Waals surface area contributed by atoms with Crippen LogP contribution in [-0.2, 0) is 23.9 Å². The quantitative estimate of drug-likeness (QED) is 0.324. The molecule has 1 aromatic rings. The summed E-state index contributed by atoms with van der Waals surface area (Å²) in [5.41, 5.74) is -1.16. The van der Waals surface area contributed by atoms with Crippen molar-refractivity contribution in [3.05, 3.63) is 24.3 Å². The summed E-state index contributed by atoms with van der Waals surface area (Å²) >= 11 is 0. The third kappa shape index (κ3) is 4.03. The number of carbonyl (C=O) groups is 4. The summed E-state index contributed by atoms with van der Waals surface area (Å²) in [7, 11) is 1.58. The molecule has 2 atom stereocenters. The minimum absolute atomic E-state index is 0.112. The van der Waals surface area contributed by atoms with Gasteiger partial charge in [-0.1, -0.05) is 0 Å². The predicted molar refractivity (Wildman–Crippen MR) is 111 cm³/mol. The number of methoxy groups -OCH3 is 1. The van der Waals surface area contributed by atoms with Gasteiger partial charge in [-0.3, -0.25) is 14.6 Å². The van der Waals surface area contributed by atoms with Gasteiger partial charge in [0.1, 0.15) is 11.8 Å². The Labute approximate surface area is 189 Å². The van der Waals surface area contributed by atoms with Crippen molar-refractivity contribution >= 4 is 29.6 Å². The molecule has 33 heavy (non-hydrogen) atoms. The minimum Gasteiger partial charge on any atom is -0.497 e. The molecule has 12 heteroatoms. The number of esters is 2. The van der Waals surface area contributed by atoms with Crippen LogP contribution in [0.5, 0.6) is 5.75 Å². The molecule has 0 aromatic heterocycles. The number of hydrogen-bond donors (Lipinski definition) is 1. The first-order valence-corrected chi connectivity index (χ1v) is 10.5. The number of carbonyl (C=O) groups excluding carboxylic acids is 4. The van der Waals surface area contributed by atoms with E-state index < -0.39 is 29.7 Å². The highest BCUT2D eigenvalue weighted by Gasteiger charge is 2.61. The largest absolute Gasteiger partial charge is 0.497 e. The Bertz CT molecular complexity index is 1010. The van der Waals surface area contributed by atoms with E-state index in [-0.39, 0.29) is 25.5 Å². The van der Waals surface area contributed by atoms with Crippen molar-refractivity contribution in [1.82, 2.24) is 15.1 Å². The number of benzene rings is 1. The lowest BCUT2D eigenvalue weighted by atomic mass is 10.1. The van der Waals surface area contributed by atoms with E-state index in [9.17, 15) is 24.4 Å². The van der Waals surface area contributed by atoms with E-state index in [1.807, 2.05) is 18.2 Å². The number of likely N-dealkylation sites (tertiary alicyclic amines) is 1. The van der Waals surface area contributed by atoms with Crippen molar-refractivity contribution in [2.75, 3.05) is 51.3 Å². The maximum Gasteiger partial charge on any atom is 0.420 e. The number of nitrogens with zero attached hydrogens (tertiary/aromatic N) is 4. The van der Waals surface area contributed by atoms with E-state index in [1.54, 1.807) is 29.0 Å². The Morgan fingerprint density at radius 2 is 1.97 bits per heavy atom. The first kappa shape index (κ1) is 22.3. The van der Waals surface area contributed by atoms with Crippen LogP contribution in [0.3, 0.4) is 0 Å². The SMILES string of the molecule is COc1ccc(N2CCN(CCNCC(=O)N3CCC4OC(=O)C(=O)O[C@@]43C#N)C2=O)cc1. The number of amides is 3. The number of nitriles is 1. The van der Waals surface area contributed by atoms with Crippen LogP contribution in [0.25, 0.3) is 0 Å². The molecule has 0 spiro atoms. The number of fused-ring (bicyclic) bond motifs is 1. The summed E-state index contributed by atoms with van der Waals surface area (Å²) in [4.78, 5) is 52.9. The zero-order chi connectivity index (χ0) is 23.6. The Kier molecular flexibility index (Phi) is 6.06. The Morgan fingerprint density at radius 3 is 2.67 bits per heavy atom. The molecule has 3 saturated heterocycles. The van der Waals surface area contributed by atoms with Crippen molar-refractivity contribution in [2.24, 2.45) is 0 Å². The van der Waals surface area contributed by atoms with Crippen LogP contribution in [0.1, 0.15) is 6.42 Å². The van der Waals surface area contributed by atoms with Crippen molar-refractivity contribution in [2.45, 2.75) is 18.2 Å². The van der Waals surface area contributed by atoms with Gasteiger partial charge < -0.3 is 24.4 Å². The molecule has 3 amide bonds. The summed E-state index contributed by atoms with van der Waals surface area (Å²) in [5, 5.41) is 12.5. The van der Waals surface area contributed by atoms with Crippen LogP contribution in [0.2, 0.25) is 0 Å². The molecule has 3 aliphatic heterocycles. The highest BCUT2D eigenvalue weighted by atomic mass is 16.7. The summed E-state index contributed by atoms with van der Waals surface area (Å²) in [6, 6.07) is 8.91. The molecule has 174 valence electrons. The van der Waals surface area contributed by atoms with Gasteiger partial charge in [-0.25, -0.2) is 14.4 Å². The van der Waals surface area contributed by atoms with E-state index in [1.165, 1.54) is 0 Å². The molecule has 0 radical (unpaired) electrons. The molecule has 0 saturated carbocycles. The van der Waals surface area contributed by atoms with Crippen LogP contribution in [0.4, 0.5) is 10.5 Å². The summed E-state index contributed by atoms with van der Waals surface area (Å²) in [6.07, 6.45) is -0.815. The molecule has 1 aromatic carbocycles. The van der Waals surface area contributed by atoms with Crippen LogP contribution in [0.15, 0.2) is 24.3 Å². The standard InChI is InChI=1S/C21H23N5O7/c1-31-15-4-2-14(3-5-15)25-11-10-24(20(25)30)9-7-23-12-17(27)26-8-6-16-21(26,13-22)33-19(29)18(28)32-16/h2-5,16,23H,6-12H2,1H3/t16?,21-/m0/s1. The van der Waals surface area contributed by atoms with E-state index in [2.05, 4.69) is 5.32 Å². The molecule has 3 fully saturated rings.